The van der Waals surface area contributed by atoms with Crippen LogP contribution in [0.2, 0.25) is 0 Å². The van der Waals surface area contributed by atoms with Gasteiger partial charge in [-0.1, -0.05) is 42.8 Å². The number of amides is 1. The first-order chi connectivity index (χ1) is 13.7. The van der Waals surface area contributed by atoms with Gasteiger partial charge in [-0.2, -0.15) is 0 Å². The molecule has 0 unspecified atom stereocenters. The molecule has 1 amide bonds. The second kappa shape index (κ2) is 10.9. The van der Waals surface area contributed by atoms with Crippen LogP contribution in [0.3, 0.4) is 0 Å². The number of carbonyl (C=O) groups is 3. The normalized spacial score (nSPS) is 12.8. The number of ether oxygens (including phenoxy) is 2. The highest BCUT2D eigenvalue weighted by Crippen LogP contribution is 2.32. The highest BCUT2D eigenvalue weighted by atomic mass is 79.9. The van der Waals surface area contributed by atoms with Gasteiger partial charge in [-0.25, -0.2) is 4.79 Å². The van der Waals surface area contributed by atoms with E-state index in [0.717, 1.165) is 15.6 Å². The summed E-state index contributed by atoms with van der Waals surface area (Å²) in [5.74, 6) is -0.893. The summed E-state index contributed by atoms with van der Waals surface area (Å²) in [6.07, 6.45) is -0.448. The fraction of sp³-hybridized carbons (Fsp3) is 0.609. The number of ketones is 1. The molecule has 0 aliphatic heterocycles. The van der Waals surface area contributed by atoms with Crippen molar-refractivity contribution in [3.63, 3.8) is 0 Å². The van der Waals surface area contributed by atoms with Gasteiger partial charge in [-0.05, 0) is 56.4 Å². The second-order valence-corrected chi connectivity index (χ2v) is 10.2. The molecule has 0 bridgehead atoms. The number of esters is 1. The molecule has 1 rings (SSSR count). The molecule has 7 heteroatoms. The third kappa shape index (κ3) is 9.74. The summed E-state index contributed by atoms with van der Waals surface area (Å²) in [6, 6.07) is 5.99. The number of alkyl carbamates (subject to hydrolysis) is 1. The maximum atomic E-state index is 12.6. The Morgan fingerprint density at radius 3 is 2.20 bits per heavy atom. The number of halogens is 1. The van der Waals surface area contributed by atoms with E-state index in [4.69, 9.17) is 9.47 Å². The molecule has 1 N–H and O–H groups in total. The quantitative estimate of drug-likeness (QED) is 0.509. The van der Waals surface area contributed by atoms with Crippen molar-refractivity contribution in [2.75, 3.05) is 13.2 Å². The van der Waals surface area contributed by atoms with Crippen LogP contribution in [0.25, 0.3) is 0 Å². The number of carbonyl (C=O) groups excluding carboxylic acids is 3. The van der Waals surface area contributed by atoms with Gasteiger partial charge < -0.3 is 14.8 Å². The minimum absolute atomic E-state index is 0.0880. The van der Waals surface area contributed by atoms with E-state index in [1.54, 1.807) is 27.7 Å². The van der Waals surface area contributed by atoms with Gasteiger partial charge in [0, 0.05) is 16.8 Å². The van der Waals surface area contributed by atoms with Gasteiger partial charge >= 0.3 is 12.1 Å². The topological polar surface area (TPSA) is 81.7 Å². The van der Waals surface area contributed by atoms with Crippen LogP contribution in [0.15, 0.2) is 22.7 Å². The zero-order valence-corrected chi connectivity index (χ0v) is 20.6. The fourth-order valence-electron chi connectivity index (χ4n) is 2.84. The molecule has 0 fully saturated rings. The average molecular weight is 484 g/mol. The van der Waals surface area contributed by atoms with E-state index >= 15 is 0 Å². The summed E-state index contributed by atoms with van der Waals surface area (Å²) in [7, 11) is 0. The molecule has 0 heterocycles. The first kappa shape index (κ1) is 26.1. The van der Waals surface area contributed by atoms with Crippen LogP contribution >= 0.6 is 15.9 Å². The van der Waals surface area contributed by atoms with Crippen molar-refractivity contribution in [3.8, 4) is 0 Å². The molecular weight excluding hydrogens is 450 g/mol. The van der Waals surface area contributed by atoms with E-state index in [1.807, 2.05) is 18.2 Å². The Hall–Kier alpha value is -1.89. The monoisotopic (exact) mass is 483 g/mol. The van der Waals surface area contributed by atoms with Crippen LogP contribution in [0, 0.1) is 0 Å². The van der Waals surface area contributed by atoms with Crippen molar-refractivity contribution in [2.45, 2.75) is 78.2 Å². The molecule has 0 spiro atoms. The zero-order valence-electron chi connectivity index (χ0n) is 19.1. The molecule has 1 aromatic rings. The summed E-state index contributed by atoms with van der Waals surface area (Å²) in [4.78, 5) is 36.5. The van der Waals surface area contributed by atoms with E-state index in [1.165, 1.54) is 0 Å². The van der Waals surface area contributed by atoms with Crippen LogP contribution < -0.4 is 5.32 Å². The predicted octanol–water partition coefficient (Wildman–Crippen LogP) is 5.27. The Morgan fingerprint density at radius 1 is 1.03 bits per heavy atom. The molecule has 168 valence electrons. The molecular formula is C23H34BrNO5. The van der Waals surface area contributed by atoms with Crippen LogP contribution in [0.1, 0.15) is 78.4 Å². The fourth-order valence-corrected chi connectivity index (χ4v) is 3.35. The lowest BCUT2D eigenvalue weighted by Crippen LogP contribution is -2.35. The third-order valence-electron chi connectivity index (χ3n) is 4.28. The van der Waals surface area contributed by atoms with Crippen molar-refractivity contribution in [1.82, 2.24) is 5.32 Å². The molecule has 0 aromatic heterocycles. The number of benzene rings is 1. The van der Waals surface area contributed by atoms with Crippen molar-refractivity contribution < 1.29 is 23.9 Å². The second-order valence-electron chi connectivity index (χ2n) is 9.33. The largest absolute Gasteiger partial charge is 0.466 e. The van der Waals surface area contributed by atoms with Gasteiger partial charge in [0.1, 0.15) is 5.60 Å². The summed E-state index contributed by atoms with van der Waals surface area (Å²) in [6.45, 7) is 13.5. The standard InChI is InChI=1S/C23H34BrNO5/c1-8-29-20(27)12-16(11-19(26)14-25-21(28)30-23(5,6)7)15-9-17(22(2,3)4)13-18(24)10-15/h9-10,13,16H,8,11-12,14H2,1-7H3,(H,25,28)/t16-/m0/s1. The van der Waals surface area contributed by atoms with E-state index in [0.29, 0.717) is 0 Å². The molecule has 0 aliphatic carbocycles. The Bertz CT molecular complexity index is 762. The lowest BCUT2D eigenvalue weighted by molar-refractivity contribution is -0.143. The number of rotatable bonds is 8. The van der Waals surface area contributed by atoms with Crippen molar-refractivity contribution in [3.05, 3.63) is 33.8 Å². The average Bonchev–Trinajstić information content (AvgIpc) is 2.57. The molecule has 0 radical (unpaired) electrons. The minimum Gasteiger partial charge on any atom is -0.466 e. The van der Waals surface area contributed by atoms with Gasteiger partial charge in [0.2, 0.25) is 0 Å². The summed E-state index contributed by atoms with van der Waals surface area (Å²) in [5.41, 5.74) is 1.25. The number of nitrogens with one attached hydrogen (secondary N) is 1. The van der Waals surface area contributed by atoms with Crippen molar-refractivity contribution >= 4 is 33.8 Å². The van der Waals surface area contributed by atoms with Crippen molar-refractivity contribution in [1.29, 1.82) is 0 Å². The summed E-state index contributed by atoms with van der Waals surface area (Å²) < 4.78 is 11.2. The molecule has 0 aliphatic rings. The highest BCUT2D eigenvalue weighted by molar-refractivity contribution is 9.10. The summed E-state index contributed by atoms with van der Waals surface area (Å²) in [5, 5.41) is 2.49. The molecule has 0 saturated carbocycles. The van der Waals surface area contributed by atoms with E-state index in [2.05, 4.69) is 42.0 Å². The molecule has 0 saturated heterocycles. The molecule has 1 atom stereocenters. The Balaban J connectivity index is 2.99. The number of Topliss-reactive ketones (excluding diaryl/α,β-unsaturated/α-hetero) is 1. The van der Waals surface area contributed by atoms with Crippen molar-refractivity contribution in [2.24, 2.45) is 0 Å². The number of hydrogen-bond donors (Lipinski definition) is 1. The SMILES string of the molecule is CCOC(=O)C[C@H](CC(=O)CNC(=O)OC(C)(C)C)c1cc(Br)cc(C(C)(C)C)c1. The third-order valence-corrected chi connectivity index (χ3v) is 4.74. The van der Waals surface area contributed by atoms with Crippen LogP contribution in [0.5, 0.6) is 0 Å². The van der Waals surface area contributed by atoms with E-state index < -0.39 is 11.7 Å². The lowest BCUT2D eigenvalue weighted by atomic mass is 9.83. The number of hydrogen-bond acceptors (Lipinski definition) is 5. The Morgan fingerprint density at radius 2 is 1.67 bits per heavy atom. The van der Waals surface area contributed by atoms with Gasteiger partial charge in [0.15, 0.2) is 5.78 Å². The Labute approximate surface area is 188 Å². The first-order valence-electron chi connectivity index (χ1n) is 10.2. The van der Waals surface area contributed by atoms with Gasteiger partial charge in [0.25, 0.3) is 0 Å². The van der Waals surface area contributed by atoms with E-state index in [9.17, 15) is 14.4 Å². The Kier molecular flexibility index (Phi) is 9.53. The van der Waals surface area contributed by atoms with Gasteiger partial charge in [-0.3, -0.25) is 9.59 Å². The van der Waals surface area contributed by atoms with Crippen LogP contribution in [0.4, 0.5) is 4.79 Å². The molecule has 30 heavy (non-hydrogen) atoms. The molecule has 1 aromatic carbocycles. The maximum absolute atomic E-state index is 12.6. The van der Waals surface area contributed by atoms with Gasteiger partial charge in [-0.15, -0.1) is 0 Å². The lowest BCUT2D eigenvalue weighted by Gasteiger charge is -2.23. The first-order valence-corrected chi connectivity index (χ1v) is 11.0. The maximum Gasteiger partial charge on any atom is 0.408 e. The molecule has 6 nitrogen and oxygen atoms in total. The minimum atomic E-state index is -0.643. The van der Waals surface area contributed by atoms with Crippen LogP contribution in [-0.2, 0) is 24.5 Å². The van der Waals surface area contributed by atoms with E-state index in [-0.39, 0.29) is 49.1 Å². The van der Waals surface area contributed by atoms with Crippen LogP contribution in [-0.4, -0.2) is 36.6 Å². The van der Waals surface area contributed by atoms with Gasteiger partial charge in [0.05, 0.1) is 19.6 Å². The highest BCUT2D eigenvalue weighted by Gasteiger charge is 2.24. The smallest absolute Gasteiger partial charge is 0.408 e. The zero-order chi connectivity index (χ0) is 23.1. The summed E-state index contributed by atoms with van der Waals surface area (Å²) >= 11 is 3.54. The predicted molar refractivity (Wildman–Crippen MR) is 121 cm³/mol.